The maximum absolute atomic E-state index is 12.2. The number of carboxylic acid groups (broad SMARTS) is 1. The predicted molar refractivity (Wildman–Crippen MR) is 108 cm³/mol. The van der Waals surface area contributed by atoms with Crippen molar-refractivity contribution in [3.8, 4) is 5.75 Å². The van der Waals surface area contributed by atoms with Crippen molar-refractivity contribution < 1.29 is 24.2 Å². The van der Waals surface area contributed by atoms with Crippen molar-refractivity contribution in [2.45, 2.75) is 39.9 Å². The second-order valence-electron chi connectivity index (χ2n) is 7.39. The summed E-state index contributed by atoms with van der Waals surface area (Å²) in [6.45, 7) is 7.12. The van der Waals surface area contributed by atoms with Crippen LogP contribution in [0, 0.1) is 6.92 Å². The summed E-state index contributed by atoms with van der Waals surface area (Å²) in [4.78, 5) is 23.8. The summed E-state index contributed by atoms with van der Waals surface area (Å²) in [6, 6.07) is 12.9. The molecule has 0 aliphatic heterocycles. The number of esters is 1. The quantitative estimate of drug-likeness (QED) is 0.257. The van der Waals surface area contributed by atoms with Gasteiger partial charge in [-0.15, -0.1) is 0 Å². The number of hydrogen-bond acceptors (Lipinski definition) is 5. The average Bonchev–Trinajstić information content (AvgIpc) is 2.60. The van der Waals surface area contributed by atoms with Gasteiger partial charge in [-0.2, -0.15) is 0 Å². The van der Waals surface area contributed by atoms with Crippen LogP contribution >= 0.6 is 0 Å². The lowest BCUT2D eigenvalue weighted by Gasteiger charge is -2.19. The number of aliphatic carboxylic acids is 1. The van der Waals surface area contributed by atoms with Gasteiger partial charge in [-0.3, -0.25) is 0 Å². The lowest BCUT2D eigenvalue weighted by atomic mass is 10.1. The number of ether oxygens (including phenoxy) is 2. The van der Waals surface area contributed by atoms with Crippen LogP contribution in [-0.2, 0) is 20.9 Å². The molecule has 3 N–H and O–H groups in total. The van der Waals surface area contributed by atoms with Crippen LogP contribution in [0.5, 0.6) is 5.75 Å². The van der Waals surface area contributed by atoms with E-state index in [-0.39, 0.29) is 0 Å². The zero-order chi connectivity index (χ0) is 20.9. The molecule has 6 nitrogen and oxygen atoms in total. The molecule has 0 atom stereocenters. The molecule has 0 radical (unpaired) electrons. The second kappa shape index (κ2) is 8.61. The monoisotopic (exact) mass is 383 g/mol. The third-order valence-corrected chi connectivity index (χ3v) is 3.77. The van der Waals surface area contributed by atoms with Crippen molar-refractivity contribution >= 4 is 23.7 Å². The number of carbonyl (C=O) groups is 2. The number of aryl methyl sites for hydroxylation is 1. The molecule has 0 bridgehead atoms. The Kier molecular flexibility index (Phi) is 6.46. The Morgan fingerprint density at radius 1 is 1.14 bits per heavy atom. The third kappa shape index (κ3) is 5.87. The lowest BCUT2D eigenvalue weighted by Crippen LogP contribution is -2.27. The molecule has 2 rings (SSSR count). The highest BCUT2D eigenvalue weighted by molar-refractivity contribution is 6.17. The summed E-state index contributed by atoms with van der Waals surface area (Å²) in [5.74, 6) is -1.85. The van der Waals surface area contributed by atoms with Crippen LogP contribution in [0.3, 0.4) is 0 Å². The molecule has 0 spiro atoms. The molecule has 6 heteroatoms. The van der Waals surface area contributed by atoms with Gasteiger partial charge in [0.1, 0.15) is 23.5 Å². The highest BCUT2D eigenvalue weighted by Gasteiger charge is 2.24. The van der Waals surface area contributed by atoms with Crippen molar-refractivity contribution in [1.29, 1.82) is 0 Å². The SMILES string of the molecule is Cc1cc(/C=C(/C(=O)O)C(=O)OC(C)(C)C)cc(OCc2ccccc2)c1N. The van der Waals surface area contributed by atoms with Crippen LogP contribution in [0.25, 0.3) is 6.08 Å². The predicted octanol–water partition coefficient (Wildman–Crippen LogP) is 3.97. The highest BCUT2D eigenvalue weighted by Crippen LogP contribution is 2.29. The molecule has 0 unspecified atom stereocenters. The van der Waals surface area contributed by atoms with Gasteiger partial charge in [-0.25, -0.2) is 9.59 Å². The van der Waals surface area contributed by atoms with Crippen molar-refractivity contribution in [2.75, 3.05) is 5.73 Å². The van der Waals surface area contributed by atoms with Gasteiger partial charge in [-0.05, 0) is 62.6 Å². The largest absolute Gasteiger partial charge is 0.487 e. The first kappa shape index (κ1) is 21.0. The normalized spacial score (nSPS) is 11.8. The van der Waals surface area contributed by atoms with Crippen LogP contribution in [0.2, 0.25) is 0 Å². The van der Waals surface area contributed by atoms with E-state index in [1.165, 1.54) is 6.08 Å². The fourth-order valence-electron chi connectivity index (χ4n) is 2.44. The molecule has 0 saturated carbocycles. The minimum Gasteiger partial charge on any atom is -0.487 e. The van der Waals surface area contributed by atoms with Crippen molar-refractivity contribution in [3.63, 3.8) is 0 Å². The number of benzene rings is 2. The topological polar surface area (TPSA) is 98.8 Å². The van der Waals surface area contributed by atoms with E-state index < -0.39 is 23.1 Å². The van der Waals surface area contributed by atoms with Gasteiger partial charge in [0.2, 0.25) is 0 Å². The molecular formula is C22H25NO5. The molecule has 0 amide bonds. The van der Waals surface area contributed by atoms with E-state index in [0.29, 0.717) is 29.2 Å². The summed E-state index contributed by atoms with van der Waals surface area (Å²) in [7, 11) is 0. The van der Waals surface area contributed by atoms with Gasteiger partial charge in [0, 0.05) is 0 Å². The van der Waals surface area contributed by atoms with Crippen LogP contribution in [0.4, 0.5) is 5.69 Å². The van der Waals surface area contributed by atoms with Crippen LogP contribution in [-0.4, -0.2) is 22.6 Å². The van der Waals surface area contributed by atoms with E-state index in [9.17, 15) is 14.7 Å². The fourth-order valence-corrected chi connectivity index (χ4v) is 2.44. The molecule has 0 heterocycles. The van der Waals surface area contributed by atoms with Crippen LogP contribution in [0.1, 0.15) is 37.5 Å². The molecule has 28 heavy (non-hydrogen) atoms. The average molecular weight is 383 g/mol. The van der Waals surface area contributed by atoms with E-state index in [4.69, 9.17) is 15.2 Å². The fraction of sp³-hybridized carbons (Fsp3) is 0.273. The number of anilines is 1. The van der Waals surface area contributed by atoms with E-state index >= 15 is 0 Å². The summed E-state index contributed by atoms with van der Waals surface area (Å²) in [5, 5.41) is 9.42. The van der Waals surface area contributed by atoms with E-state index in [2.05, 4.69) is 0 Å². The van der Waals surface area contributed by atoms with Gasteiger partial charge in [0.05, 0.1) is 5.69 Å². The molecule has 2 aromatic rings. The Morgan fingerprint density at radius 3 is 2.36 bits per heavy atom. The van der Waals surface area contributed by atoms with Crippen LogP contribution < -0.4 is 10.5 Å². The lowest BCUT2D eigenvalue weighted by molar-refractivity contribution is -0.152. The zero-order valence-electron chi connectivity index (χ0n) is 16.5. The van der Waals surface area contributed by atoms with Crippen molar-refractivity contribution in [1.82, 2.24) is 0 Å². The van der Waals surface area contributed by atoms with Gasteiger partial charge in [0.15, 0.2) is 0 Å². The first-order valence-electron chi connectivity index (χ1n) is 8.82. The summed E-state index contributed by atoms with van der Waals surface area (Å²) < 4.78 is 11.0. The van der Waals surface area contributed by atoms with Crippen molar-refractivity contribution in [3.05, 3.63) is 64.7 Å². The first-order chi connectivity index (χ1) is 13.1. The molecule has 0 aliphatic rings. The van der Waals surface area contributed by atoms with E-state index in [0.717, 1.165) is 5.56 Å². The maximum Gasteiger partial charge on any atom is 0.346 e. The Labute approximate surface area is 164 Å². The molecular weight excluding hydrogens is 358 g/mol. The Hall–Kier alpha value is -3.28. The first-order valence-corrected chi connectivity index (χ1v) is 8.82. The Bertz CT molecular complexity index is 895. The molecule has 2 aromatic carbocycles. The number of hydrogen-bond donors (Lipinski definition) is 2. The standard InChI is InChI=1S/C22H25NO5/c1-14-10-16(11-17(20(24)25)21(26)28-22(2,3)4)12-18(19(14)23)27-13-15-8-6-5-7-9-15/h5-12H,13,23H2,1-4H3,(H,24,25)/b17-11-. The van der Waals surface area contributed by atoms with Gasteiger partial charge < -0.3 is 20.3 Å². The number of rotatable bonds is 6. The minimum atomic E-state index is -1.37. The number of carbonyl (C=O) groups excluding carboxylic acids is 1. The second-order valence-corrected chi connectivity index (χ2v) is 7.39. The summed E-state index contributed by atoms with van der Waals surface area (Å²) in [6.07, 6.45) is 1.26. The number of nitrogen functional groups attached to an aromatic ring is 1. The van der Waals surface area contributed by atoms with E-state index in [1.54, 1.807) is 39.8 Å². The molecule has 0 fully saturated rings. The van der Waals surface area contributed by atoms with Crippen LogP contribution in [0.15, 0.2) is 48.0 Å². The van der Waals surface area contributed by atoms with Crippen molar-refractivity contribution in [2.24, 2.45) is 0 Å². The highest BCUT2D eigenvalue weighted by atomic mass is 16.6. The minimum absolute atomic E-state index is 0.315. The molecule has 0 aromatic heterocycles. The smallest absolute Gasteiger partial charge is 0.346 e. The Morgan fingerprint density at radius 2 is 1.79 bits per heavy atom. The summed E-state index contributed by atoms with van der Waals surface area (Å²) in [5.41, 5.74) is 7.46. The molecule has 148 valence electrons. The number of carboxylic acids is 1. The third-order valence-electron chi connectivity index (χ3n) is 3.77. The molecule has 0 saturated heterocycles. The van der Waals surface area contributed by atoms with Gasteiger partial charge in [-0.1, -0.05) is 30.3 Å². The number of nitrogens with two attached hydrogens (primary N) is 1. The maximum atomic E-state index is 12.2. The van der Waals surface area contributed by atoms with E-state index in [1.807, 2.05) is 30.3 Å². The Balaban J connectivity index is 2.33. The zero-order valence-corrected chi connectivity index (χ0v) is 16.5. The van der Waals surface area contributed by atoms with Gasteiger partial charge >= 0.3 is 11.9 Å². The van der Waals surface area contributed by atoms with Gasteiger partial charge in [0.25, 0.3) is 0 Å². The molecule has 0 aliphatic carbocycles. The summed E-state index contributed by atoms with van der Waals surface area (Å²) >= 11 is 0.